The van der Waals surface area contributed by atoms with Crippen LogP contribution in [0, 0.1) is 5.82 Å². The van der Waals surface area contributed by atoms with Crippen molar-refractivity contribution in [2.75, 3.05) is 20.3 Å². The third-order valence-electron chi connectivity index (χ3n) is 5.64. The Labute approximate surface area is 195 Å². The van der Waals surface area contributed by atoms with Gasteiger partial charge in [0.1, 0.15) is 18.2 Å². The van der Waals surface area contributed by atoms with Gasteiger partial charge < -0.3 is 9.47 Å². The first-order valence-corrected chi connectivity index (χ1v) is 11.0. The van der Waals surface area contributed by atoms with Crippen LogP contribution in [0.2, 0.25) is 0 Å². The number of nitrogens with zero attached hydrogens (tertiary/aromatic N) is 4. The van der Waals surface area contributed by atoms with Gasteiger partial charge in [0.2, 0.25) is 0 Å². The van der Waals surface area contributed by atoms with E-state index < -0.39 is 0 Å². The quantitative estimate of drug-likeness (QED) is 0.327. The summed E-state index contributed by atoms with van der Waals surface area (Å²) in [5.74, 6) is 0.919. The lowest BCUT2D eigenvalue weighted by Gasteiger charge is -2.10. The van der Waals surface area contributed by atoms with E-state index in [9.17, 15) is 9.18 Å². The third kappa shape index (κ3) is 4.53. The molecule has 5 aromatic rings. The molecule has 7 nitrogen and oxygen atoms in total. The van der Waals surface area contributed by atoms with Crippen LogP contribution < -0.4 is 10.3 Å². The Morgan fingerprint density at radius 3 is 2.76 bits per heavy atom. The highest BCUT2D eigenvalue weighted by Gasteiger charge is 2.09. The largest absolute Gasteiger partial charge is 0.490 e. The number of aromatic nitrogens is 4. The summed E-state index contributed by atoms with van der Waals surface area (Å²) in [5.41, 5.74) is 2.42. The maximum absolute atomic E-state index is 13.8. The molecule has 0 aliphatic carbocycles. The number of hydrogen-bond acceptors (Lipinski definition) is 5. The van der Waals surface area contributed by atoms with E-state index in [1.54, 1.807) is 30.0 Å². The van der Waals surface area contributed by atoms with Gasteiger partial charge in [0, 0.05) is 36.7 Å². The molecule has 8 heteroatoms. The van der Waals surface area contributed by atoms with Crippen LogP contribution >= 0.6 is 0 Å². The number of benzene rings is 2. The van der Waals surface area contributed by atoms with Crippen molar-refractivity contribution in [2.45, 2.75) is 13.0 Å². The summed E-state index contributed by atoms with van der Waals surface area (Å²) in [6.45, 7) is 1.37. The highest BCUT2D eigenvalue weighted by Crippen LogP contribution is 2.21. The van der Waals surface area contributed by atoms with E-state index in [-0.39, 0.29) is 11.4 Å². The lowest BCUT2D eigenvalue weighted by Crippen LogP contribution is -2.24. The van der Waals surface area contributed by atoms with Crippen molar-refractivity contribution in [1.82, 2.24) is 19.3 Å². The van der Waals surface area contributed by atoms with E-state index in [2.05, 4.69) is 10.1 Å². The summed E-state index contributed by atoms with van der Waals surface area (Å²) in [6.07, 6.45) is 4.13. The normalized spacial score (nSPS) is 11.4. The Balaban J connectivity index is 1.37. The predicted molar refractivity (Wildman–Crippen MR) is 128 cm³/mol. The topological polar surface area (TPSA) is 71.2 Å². The number of pyridine rings is 1. The number of ether oxygens (including phenoxy) is 2. The maximum Gasteiger partial charge on any atom is 0.266 e. The number of methoxy groups -OCH3 is 1. The molecule has 0 amide bonds. The van der Waals surface area contributed by atoms with Gasteiger partial charge in [0.25, 0.3) is 5.56 Å². The van der Waals surface area contributed by atoms with Gasteiger partial charge >= 0.3 is 0 Å². The molecule has 0 N–H and O–H groups in total. The molecule has 5 rings (SSSR count). The molecule has 0 bridgehead atoms. The molecular weight excluding hydrogens is 435 g/mol. The summed E-state index contributed by atoms with van der Waals surface area (Å²) in [5, 5.41) is 6.39. The van der Waals surface area contributed by atoms with Crippen LogP contribution in [0.5, 0.6) is 5.75 Å². The molecule has 0 aliphatic rings. The first-order chi connectivity index (χ1) is 16.6. The van der Waals surface area contributed by atoms with Crippen molar-refractivity contribution in [3.63, 3.8) is 0 Å². The molecule has 0 spiro atoms. The molecule has 0 radical (unpaired) electrons. The fourth-order valence-electron chi connectivity index (χ4n) is 3.90. The standard InChI is InChI=1S/C26H23FN4O3/c1-33-12-13-34-22-15-20-14-18(2-5-23(20)28-17-22)8-11-31-26(32)7-6-25(29-31)30-10-9-19-3-4-21(27)16-24(19)30/h2-7,9-10,14-17H,8,11-13H2,1H3. The number of aryl methyl sites for hydroxylation is 2. The Kier molecular flexibility index (Phi) is 6.05. The van der Waals surface area contributed by atoms with Crippen LogP contribution in [0.4, 0.5) is 4.39 Å². The Morgan fingerprint density at radius 1 is 0.971 bits per heavy atom. The zero-order valence-electron chi connectivity index (χ0n) is 18.6. The van der Waals surface area contributed by atoms with Crippen LogP contribution in [0.1, 0.15) is 5.56 Å². The summed E-state index contributed by atoms with van der Waals surface area (Å²) < 4.78 is 27.7. The summed E-state index contributed by atoms with van der Waals surface area (Å²) >= 11 is 0. The van der Waals surface area contributed by atoms with Gasteiger partial charge in [-0.1, -0.05) is 6.07 Å². The van der Waals surface area contributed by atoms with Crippen molar-refractivity contribution in [3.05, 3.63) is 94.8 Å². The van der Waals surface area contributed by atoms with Crippen LogP contribution in [-0.2, 0) is 17.7 Å². The molecule has 34 heavy (non-hydrogen) atoms. The second-order valence-electron chi connectivity index (χ2n) is 7.93. The van der Waals surface area contributed by atoms with Crippen LogP contribution in [0.3, 0.4) is 0 Å². The van der Waals surface area contributed by atoms with Gasteiger partial charge in [-0.2, -0.15) is 5.10 Å². The molecule has 2 aromatic carbocycles. The van der Waals surface area contributed by atoms with Crippen molar-refractivity contribution in [2.24, 2.45) is 0 Å². The summed E-state index contributed by atoms with van der Waals surface area (Å²) in [7, 11) is 1.63. The van der Waals surface area contributed by atoms with Crippen LogP contribution in [0.25, 0.3) is 27.6 Å². The third-order valence-corrected chi connectivity index (χ3v) is 5.64. The molecule has 0 saturated carbocycles. The number of halogens is 1. The van der Waals surface area contributed by atoms with Gasteiger partial charge in [0.15, 0.2) is 5.82 Å². The van der Waals surface area contributed by atoms with Crippen molar-refractivity contribution in [3.8, 4) is 11.6 Å². The number of hydrogen-bond donors (Lipinski definition) is 0. The van der Waals surface area contributed by atoms with E-state index in [0.29, 0.717) is 43.3 Å². The van der Waals surface area contributed by atoms with E-state index in [0.717, 1.165) is 21.9 Å². The molecule has 0 fully saturated rings. The van der Waals surface area contributed by atoms with Crippen LogP contribution in [-0.4, -0.2) is 39.7 Å². The average Bonchev–Trinajstić information content (AvgIpc) is 3.26. The van der Waals surface area contributed by atoms with Gasteiger partial charge in [0.05, 0.1) is 23.8 Å². The smallest absolute Gasteiger partial charge is 0.266 e. The zero-order chi connectivity index (χ0) is 23.5. The molecule has 0 aliphatic heterocycles. The lowest BCUT2D eigenvalue weighted by atomic mass is 10.1. The van der Waals surface area contributed by atoms with E-state index in [4.69, 9.17) is 9.47 Å². The number of rotatable bonds is 8. The van der Waals surface area contributed by atoms with Gasteiger partial charge in [-0.25, -0.2) is 9.07 Å². The minimum absolute atomic E-state index is 0.192. The predicted octanol–water partition coefficient (Wildman–Crippen LogP) is 4.14. The van der Waals surface area contributed by atoms with Gasteiger partial charge in [-0.3, -0.25) is 14.3 Å². The van der Waals surface area contributed by atoms with Crippen molar-refractivity contribution in [1.29, 1.82) is 0 Å². The van der Waals surface area contributed by atoms with E-state index in [1.165, 1.54) is 22.9 Å². The van der Waals surface area contributed by atoms with Crippen LogP contribution in [0.15, 0.2) is 77.9 Å². The van der Waals surface area contributed by atoms with Gasteiger partial charge in [-0.05, 0) is 60.5 Å². The fraction of sp³-hybridized carbons (Fsp3) is 0.192. The van der Waals surface area contributed by atoms with E-state index in [1.807, 2.05) is 36.5 Å². The second-order valence-corrected chi connectivity index (χ2v) is 7.93. The zero-order valence-corrected chi connectivity index (χ0v) is 18.6. The minimum Gasteiger partial charge on any atom is -0.490 e. The molecule has 3 heterocycles. The average molecular weight is 458 g/mol. The molecule has 0 atom stereocenters. The Bertz CT molecular complexity index is 1530. The monoisotopic (exact) mass is 458 g/mol. The van der Waals surface area contributed by atoms with Gasteiger partial charge in [-0.15, -0.1) is 0 Å². The summed E-state index contributed by atoms with van der Waals surface area (Å²) in [4.78, 5) is 16.9. The fourth-order valence-corrected chi connectivity index (χ4v) is 3.90. The Morgan fingerprint density at radius 2 is 1.88 bits per heavy atom. The first kappa shape index (κ1) is 21.8. The number of fused-ring (bicyclic) bond motifs is 2. The molecule has 172 valence electrons. The van der Waals surface area contributed by atoms with Crippen molar-refractivity contribution >= 4 is 21.8 Å². The minimum atomic E-state index is -0.321. The first-order valence-electron chi connectivity index (χ1n) is 11.0. The van der Waals surface area contributed by atoms with Crippen molar-refractivity contribution < 1.29 is 13.9 Å². The Hall–Kier alpha value is -4.04. The highest BCUT2D eigenvalue weighted by molar-refractivity contribution is 5.82. The highest BCUT2D eigenvalue weighted by atomic mass is 19.1. The molecule has 0 unspecified atom stereocenters. The summed E-state index contributed by atoms with van der Waals surface area (Å²) in [6, 6.07) is 17.6. The molecular formula is C26H23FN4O3. The lowest BCUT2D eigenvalue weighted by molar-refractivity contribution is 0.146. The van der Waals surface area contributed by atoms with E-state index >= 15 is 0 Å². The SMILES string of the molecule is COCCOc1cnc2ccc(CCn3nc(-n4ccc5ccc(F)cc54)ccc3=O)cc2c1. The molecule has 0 saturated heterocycles. The maximum atomic E-state index is 13.8. The second kappa shape index (κ2) is 9.44. The molecule has 3 aromatic heterocycles.